The Bertz CT molecular complexity index is 837. The summed E-state index contributed by atoms with van der Waals surface area (Å²) in [4.78, 5) is 12.7. The van der Waals surface area contributed by atoms with Gasteiger partial charge in [-0.2, -0.15) is 0 Å². The van der Waals surface area contributed by atoms with Crippen LogP contribution < -0.4 is 0 Å². The lowest BCUT2D eigenvalue weighted by Crippen LogP contribution is -1.94. The van der Waals surface area contributed by atoms with Crippen LogP contribution in [-0.2, 0) is 0 Å². The van der Waals surface area contributed by atoms with E-state index in [1.165, 1.54) is 23.5 Å². The maximum Gasteiger partial charge on any atom is 0.335 e. The summed E-state index contributed by atoms with van der Waals surface area (Å²) in [6.45, 7) is 0. The van der Waals surface area contributed by atoms with Gasteiger partial charge >= 0.3 is 5.97 Å². The zero-order chi connectivity index (χ0) is 15.7. The number of hydrogen-bond acceptors (Lipinski definition) is 3. The number of aromatic carboxylic acids is 1. The summed E-state index contributed by atoms with van der Waals surface area (Å²) < 4.78 is 13.4. The van der Waals surface area contributed by atoms with Gasteiger partial charge in [-0.15, -0.1) is 11.3 Å². The molecule has 2 aromatic carbocycles. The molecule has 1 aromatic heterocycles. The van der Waals surface area contributed by atoms with Crippen molar-refractivity contribution in [1.29, 1.82) is 0 Å². The largest absolute Gasteiger partial charge is 0.505 e. The summed E-state index contributed by atoms with van der Waals surface area (Å²) in [5.74, 6) is -1.99. The van der Waals surface area contributed by atoms with E-state index < -0.39 is 11.8 Å². The van der Waals surface area contributed by atoms with Crippen LogP contribution in [0.5, 0.6) is 5.75 Å². The van der Waals surface area contributed by atoms with Gasteiger partial charge in [-0.25, -0.2) is 9.18 Å². The molecule has 0 aliphatic carbocycles. The first kappa shape index (κ1) is 14.3. The molecule has 0 radical (unpaired) electrons. The topological polar surface area (TPSA) is 57.5 Å². The van der Waals surface area contributed by atoms with Gasteiger partial charge in [0, 0.05) is 9.75 Å². The maximum absolute atomic E-state index is 13.4. The van der Waals surface area contributed by atoms with Crippen LogP contribution in [0.15, 0.2) is 54.6 Å². The predicted octanol–water partition coefficient (Wildman–Crippen LogP) is 4.63. The fourth-order valence-electron chi connectivity index (χ4n) is 2.09. The van der Waals surface area contributed by atoms with E-state index in [2.05, 4.69) is 0 Å². The van der Waals surface area contributed by atoms with Gasteiger partial charge in [-0.3, -0.25) is 0 Å². The fourth-order valence-corrected chi connectivity index (χ4v) is 3.09. The zero-order valence-corrected chi connectivity index (χ0v) is 12.1. The lowest BCUT2D eigenvalue weighted by atomic mass is 10.1. The van der Waals surface area contributed by atoms with Crippen molar-refractivity contribution >= 4 is 17.3 Å². The molecule has 0 saturated heterocycles. The molecule has 3 rings (SSSR count). The van der Waals surface area contributed by atoms with Crippen molar-refractivity contribution in [2.45, 2.75) is 0 Å². The average molecular weight is 314 g/mol. The van der Waals surface area contributed by atoms with Gasteiger partial charge in [0.05, 0.1) is 5.56 Å². The molecule has 3 nitrogen and oxygen atoms in total. The van der Waals surface area contributed by atoms with Crippen LogP contribution in [0.4, 0.5) is 4.39 Å². The molecular formula is C17H11FO3S. The predicted molar refractivity (Wildman–Crippen MR) is 83.8 cm³/mol. The van der Waals surface area contributed by atoms with Gasteiger partial charge in [-0.1, -0.05) is 12.1 Å². The van der Waals surface area contributed by atoms with E-state index in [4.69, 9.17) is 5.11 Å². The molecule has 5 heteroatoms. The van der Waals surface area contributed by atoms with Crippen LogP contribution in [0.25, 0.3) is 20.9 Å². The number of carboxylic acid groups (broad SMARTS) is 1. The first-order valence-electron chi connectivity index (χ1n) is 6.47. The molecule has 0 atom stereocenters. The highest BCUT2D eigenvalue weighted by Crippen LogP contribution is 2.35. The highest BCUT2D eigenvalue weighted by molar-refractivity contribution is 7.18. The molecule has 0 aliphatic heterocycles. The molecule has 0 bridgehead atoms. The van der Waals surface area contributed by atoms with Crippen molar-refractivity contribution in [1.82, 2.24) is 0 Å². The highest BCUT2D eigenvalue weighted by atomic mass is 32.1. The molecular weight excluding hydrogens is 303 g/mol. The normalized spacial score (nSPS) is 10.6. The summed E-state index contributed by atoms with van der Waals surface area (Å²) in [5.41, 5.74) is 1.83. The molecule has 0 fully saturated rings. The number of phenolic OH excluding ortho intramolecular Hbond substituents is 1. The third kappa shape index (κ3) is 2.71. The SMILES string of the molecule is O=C(O)c1ccc(-c2ccc(-c3ccc(O)c(F)c3)s2)cc1. The summed E-state index contributed by atoms with van der Waals surface area (Å²) in [6, 6.07) is 14.6. The van der Waals surface area contributed by atoms with Crippen LogP contribution in [0, 0.1) is 5.82 Å². The van der Waals surface area contributed by atoms with E-state index >= 15 is 0 Å². The molecule has 0 amide bonds. The standard InChI is InChI=1S/C17H11FO3S/c18-13-9-12(5-6-14(13)19)16-8-7-15(22-16)10-1-3-11(4-2-10)17(20)21/h1-9,19H,(H,20,21). The van der Waals surface area contributed by atoms with Gasteiger partial charge < -0.3 is 10.2 Å². The minimum atomic E-state index is -0.960. The lowest BCUT2D eigenvalue weighted by Gasteiger charge is -2.00. The molecule has 110 valence electrons. The first-order chi connectivity index (χ1) is 10.5. The number of hydrogen-bond donors (Lipinski definition) is 2. The molecule has 2 N–H and O–H groups in total. The Hall–Kier alpha value is -2.66. The van der Waals surface area contributed by atoms with Gasteiger partial charge in [-0.05, 0) is 53.6 Å². The quantitative estimate of drug-likeness (QED) is 0.741. The number of carboxylic acids is 1. The zero-order valence-electron chi connectivity index (χ0n) is 11.3. The third-order valence-corrected chi connectivity index (χ3v) is 4.44. The Morgan fingerprint density at radius 2 is 1.50 bits per heavy atom. The van der Waals surface area contributed by atoms with Crippen LogP contribution in [0.3, 0.4) is 0 Å². The second-order valence-electron chi connectivity index (χ2n) is 4.71. The van der Waals surface area contributed by atoms with E-state index in [0.717, 1.165) is 15.3 Å². The van der Waals surface area contributed by atoms with Crippen molar-refractivity contribution in [2.75, 3.05) is 0 Å². The third-order valence-electron chi connectivity index (χ3n) is 3.25. The Balaban J connectivity index is 1.93. The Kier molecular flexibility index (Phi) is 3.65. The minimum Gasteiger partial charge on any atom is -0.505 e. The Morgan fingerprint density at radius 3 is 2.09 bits per heavy atom. The summed E-state index contributed by atoms with van der Waals surface area (Å²) >= 11 is 1.47. The van der Waals surface area contributed by atoms with E-state index in [1.807, 2.05) is 12.1 Å². The minimum absolute atomic E-state index is 0.237. The van der Waals surface area contributed by atoms with Crippen LogP contribution in [-0.4, -0.2) is 16.2 Å². The molecule has 22 heavy (non-hydrogen) atoms. The number of benzene rings is 2. The van der Waals surface area contributed by atoms with Gasteiger partial charge in [0.15, 0.2) is 11.6 Å². The highest BCUT2D eigenvalue weighted by Gasteiger charge is 2.09. The number of halogens is 1. The summed E-state index contributed by atoms with van der Waals surface area (Å²) in [6.07, 6.45) is 0. The van der Waals surface area contributed by atoms with Crippen LogP contribution in [0.1, 0.15) is 10.4 Å². The van der Waals surface area contributed by atoms with Gasteiger partial charge in [0.2, 0.25) is 0 Å². The fraction of sp³-hybridized carbons (Fsp3) is 0. The van der Waals surface area contributed by atoms with Gasteiger partial charge in [0.25, 0.3) is 0 Å². The number of rotatable bonds is 3. The summed E-state index contributed by atoms with van der Waals surface area (Å²) in [7, 11) is 0. The second-order valence-corrected chi connectivity index (χ2v) is 5.80. The number of thiophene rings is 1. The van der Waals surface area contributed by atoms with E-state index in [0.29, 0.717) is 5.56 Å². The number of aromatic hydroxyl groups is 1. The molecule has 0 aliphatic rings. The summed E-state index contributed by atoms with van der Waals surface area (Å²) in [5, 5.41) is 18.1. The van der Waals surface area contributed by atoms with Crippen LogP contribution >= 0.6 is 11.3 Å². The molecule has 0 saturated carbocycles. The Labute approximate surface area is 129 Å². The molecule has 3 aromatic rings. The maximum atomic E-state index is 13.4. The Morgan fingerprint density at radius 1 is 0.909 bits per heavy atom. The van der Waals surface area contributed by atoms with Crippen LogP contribution in [0.2, 0.25) is 0 Å². The van der Waals surface area contributed by atoms with E-state index in [-0.39, 0.29) is 11.3 Å². The molecule has 0 spiro atoms. The molecule has 0 unspecified atom stereocenters. The monoisotopic (exact) mass is 314 g/mol. The van der Waals surface area contributed by atoms with E-state index in [9.17, 15) is 14.3 Å². The average Bonchev–Trinajstić information content (AvgIpc) is 3.00. The van der Waals surface area contributed by atoms with Crippen molar-refractivity contribution in [3.05, 3.63) is 66.0 Å². The van der Waals surface area contributed by atoms with Crippen molar-refractivity contribution in [3.63, 3.8) is 0 Å². The molecule has 1 heterocycles. The van der Waals surface area contributed by atoms with Crippen molar-refractivity contribution in [2.24, 2.45) is 0 Å². The van der Waals surface area contributed by atoms with Crippen molar-refractivity contribution in [3.8, 4) is 26.6 Å². The van der Waals surface area contributed by atoms with Gasteiger partial charge in [0.1, 0.15) is 0 Å². The lowest BCUT2D eigenvalue weighted by molar-refractivity contribution is 0.0697. The second kappa shape index (κ2) is 5.61. The smallest absolute Gasteiger partial charge is 0.335 e. The number of carbonyl (C=O) groups is 1. The van der Waals surface area contributed by atoms with E-state index in [1.54, 1.807) is 30.3 Å². The van der Waals surface area contributed by atoms with Crippen molar-refractivity contribution < 1.29 is 19.4 Å². The number of phenols is 1. The first-order valence-corrected chi connectivity index (χ1v) is 7.29.